The normalized spacial score (nSPS) is 19.7. The van der Waals surface area contributed by atoms with Crippen molar-refractivity contribution in [3.8, 4) is 0 Å². The Morgan fingerprint density at radius 1 is 1.08 bits per heavy atom. The van der Waals surface area contributed by atoms with E-state index >= 15 is 0 Å². The number of carbonyl (C=O) groups is 1. The average Bonchev–Trinajstić information content (AvgIpc) is 3.11. The molecule has 1 aromatic heterocycles. The molecule has 0 spiro atoms. The molecule has 2 atom stereocenters. The molecular formula is C20H19N3O2. The molecule has 0 bridgehead atoms. The molecule has 1 aliphatic rings. The molecule has 2 aromatic carbocycles. The highest BCUT2D eigenvalue weighted by atomic mass is 16.6. The highest BCUT2D eigenvalue weighted by Crippen LogP contribution is 2.26. The van der Waals surface area contributed by atoms with Crippen LogP contribution >= 0.6 is 0 Å². The molecule has 0 saturated carbocycles. The van der Waals surface area contributed by atoms with E-state index in [1.54, 1.807) is 12.4 Å². The van der Waals surface area contributed by atoms with E-state index in [1.807, 2.05) is 42.5 Å². The molecule has 126 valence electrons. The molecule has 0 radical (unpaired) electrons. The predicted molar refractivity (Wildman–Crippen MR) is 97.7 cm³/mol. The maximum absolute atomic E-state index is 12.4. The third-order valence-electron chi connectivity index (χ3n) is 4.56. The molecule has 2 N–H and O–H groups in total. The number of aromatic nitrogens is 1. The quantitative estimate of drug-likeness (QED) is 0.769. The van der Waals surface area contributed by atoms with Crippen LogP contribution in [0, 0.1) is 0 Å². The Kier molecular flexibility index (Phi) is 4.31. The molecule has 1 saturated heterocycles. The Bertz CT molecular complexity index is 877. The van der Waals surface area contributed by atoms with E-state index in [9.17, 15) is 4.79 Å². The molecule has 1 aliphatic heterocycles. The van der Waals surface area contributed by atoms with E-state index in [2.05, 4.69) is 27.8 Å². The number of benzene rings is 2. The van der Waals surface area contributed by atoms with E-state index in [4.69, 9.17) is 4.74 Å². The Hall–Kier alpha value is -2.92. The first kappa shape index (κ1) is 15.6. The molecule has 3 aromatic rings. The molecule has 25 heavy (non-hydrogen) atoms. The Balaban J connectivity index is 1.48. The minimum atomic E-state index is -0.432. The summed E-state index contributed by atoms with van der Waals surface area (Å²) in [6.45, 7) is 1.47. The van der Waals surface area contributed by atoms with Crippen LogP contribution in [0.4, 0.5) is 10.5 Å². The topological polar surface area (TPSA) is 63.2 Å². The van der Waals surface area contributed by atoms with Crippen molar-refractivity contribution in [2.45, 2.75) is 12.0 Å². The summed E-state index contributed by atoms with van der Waals surface area (Å²) in [6.07, 6.45) is 2.88. The fraction of sp³-hybridized carbons (Fsp3) is 0.200. The fourth-order valence-electron chi connectivity index (χ4n) is 3.32. The summed E-state index contributed by atoms with van der Waals surface area (Å²) in [6, 6.07) is 17.8. The van der Waals surface area contributed by atoms with E-state index in [1.165, 1.54) is 5.56 Å². The molecule has 4 rings (SSSR count). The Morgan fingerprint density at radius 2 is 1.96 bits per heavy atom. The number of pyridine rings is 1. The lowest BCUT2D eigenvalue weighted by Crippen LogP contribution is -2.27. The first-order chi connectivity index (χ1) is 12.3. The minimum Gasteiger partial charge on any atom is -0.444 e. The van der Waals surface area contributed by atoms with Crippen molar-refractivity contribution >= 4 is 22.6 Å². The van der Waals surface area contributed by atoms with Crippen LogP contribution in [0.5, 0.6) is 0 Å². The average molecular weight is 333 g/mol. The summed E-state index contributed by atoms with van der Waals surface area (Å²) in [5.41, 5.74) is 1.91. The van der Waals surface area contributed by atoms with Crippen LogP contribution in [0.25, 0.3) is 10.8 Å². The number of nitrogens with one attached hydrogen (secondary N) is 2. The summed E-state index contributed by atoms with van der Waals surface area (Å²) in [4.78, 5) is 16.5. The minimum absolute atomic E-state index is 0.170. The maximum Gasteiger partial charge on any atom is 0.411 e. The third-order valence-corrected chi connectivity index (χ3v) is 4.56. The number of fused-ring (bicyclic) bond motifs is 1. The SMILES string of the molecule is O=C(Nc1cccc2cnccc12)OC1CNCC1c1ccccc1. The molecule has 5 heteroatoms. The second-order valence-electron chi connectivity index (χ2n) is 6.15. The van der Waals surface area contributed by atoms with Gasteiger partial charge in [0, 0.05) is 42.2 Å². The van der Waals surface area contributed by atoms with Gasteiger partial charge in [-0.15, -0.1) is 0 Å². The summed E-state index contributed by atoms with van der Waals surface area (Å²) < 4.78 is 5.70. The van der Waals surface area contributed by atoms with Crippen LogP contribution in [0.3, 0.4) is 0 Å². The number of ether oxygens (including phenoxy) is 1. The number of hydrogen-bond donors (Lipinski definition) is 2. The van der Waals surface area contributed by atoms with Gasteiger partial charge in [0.2, 0.25) is 0 Å². The van der Waals surface area contributed by atoms with Crippen LogP contribution in [0.15, 0.2) is 67.0 Å². The Labute approximate surface area is 146 Å². The molecule has 0 aliphatic carbocycles. The van der Waals surface area contributed by atoms with Gasteiger partial charge in [-0.25, -0.2) is 4.79 Å². The van der Waals surface area contributed by atoms with Gasteiger partial charge in [0.1, 0.15) is 6.10 Å². The smallest absolute Gasteiger partial charge is 0.411 e. The summed E-state index contributed by atoms with van der Waals surface area (Å²) in [5.74, 6) is 0.170. The second kappa shape index (κ2) is 6.91. The van der Waals surface area contributed by atoms with Crippen LogP contribution in [-0.4, -0.2) is 30.3 Å². The zero-order chi connectivity index (χ0) is 17.1. The van der Waals surface area contributed by atoms with Crippen molar-refractivity contribution < 1.29 is 9.53 Å². The van der Waals surface area contributed by atoms with Gasteiger partial charge in [0.15, 0.2) is 0 Å². The van der Waals surface area contributed by atoms with Gasteiger partial charge in [-0.05, 0) is 17.7 Å². The maximum atomic E-state index is 12.4. The van der Waals surface area contributed by atoms with E-state index in [0.29, 0.717) is 6.54 Å². The summed E-state index contributed by atoms with van der Waals surface area (Å²) in [5, 5.41) is 8.09. The fourth-order valence-corrected chi connectivity index (χ4v) is 3.32. The number of hydrogen-bond acceptors (Lipinski definition) is 4. The zero-order valence-corrected chi connectivity index (χ0v) is 13.7. The lowest BCUT2D eigenvalue weighted by atomic mass is 9.96. The van der Waals surface area contributed by atoms with Gasteiger partial charge in [-0.3, -0.25) is 10.3 Å². The second-order valence-corrected chi connectivity index (χ2v) is 6.15. The van der Waals surface area contributed by atoms with Crippen molar-refractivity contribution in [3.63, 3.8) is 0 Å². The number of nitrogens with zero attached hydrogens (tertiary/aromatic N) is 1. The van der Waals surface area contributed by atoms with Crippen molar-refractivity contribution in [2.75, 3.05) is 18.4 Å². The number of rotatable bonds is 3. The summed E-state index contributed by atoms with van der Waals surface area (Å²) >= 11 is 0. The van der Waals surface area contributed by atoms with E-state index in [-0.39, 0.29) is 12.0 Å². The summed E-state index contributed by atoms with van der Waals surface area (Å²) in [7, 11) is 0. The molecular weight excluding hydrogens is 314 g/mol. The highest BCUT2D eigenvalue weighted by Gasteiger charge is 2.31. The lowest BCUT2D eigenvalue weighted by molar-refractivity contribution is 0.112. The van der Waals surface area contributed by atoms with Crippen LogP contribution in [0.1, 0.15) is 11.5 Å². The molecule has 2 heterocycles. The van der Waals surface area contributed by atoms with Gasteiger partial charge >= 0.3 is 6.09 Å². The number of amides is 1. The van der Waals surface area contributed by atoms with Gasteiger partial charge in [0.25, 0.3) is 0 Å². The van der Waals surface area contributed by atoms with Gasteiger partial charge in [0.05, 0.1) is 5.69 Å². The van der Waals surface area contributed by atoms with Crippen molar-refractivity contribution in [1.82, 2.24) is 10.3 Å². The first-order valence-electron chi connectivity index (χ1n) is 8.37. The van der Waals surface area contributed by atoms with Crippen LogP contribution in [-0.2, 0) is 4.74 Å². The van der Waals surface area contributed by atoms with E-state index in [0.717, 1.165) is 23.0 Å². The number of anilines is 1. The molecule has 1 amide bonds. The monoisotopic (exact) mass is 333 g/mol. The number of carbonyl (C=O) groups excluding carboxylic acids is 1. The first-order valence-corrected chi connectivity index (χ1v) is 8.37. The van der Waals surface area contributed by atoms with Crippen LogP contribution < -0.4 is 10.6 Å². The van der Waals surface area contributed by atoms with Crippen molar-refractivity contribution in [3.05, 3.63) is 72.6 Å². The molecule has 2 unspecified atom stereocenters. The van der Waals surface area contributed by atoms with Gasteiger partial charge in [-0.2, -0.15) is 0 Å². The highest BCUT2D eigenvalue weighted by molar-refractivity contribution is 5.99. The van der Waals surface area contributed by atoms with Crippen molar-refractivity contribution in [1.29, 1.82) is 0 Å². The van der Waals surface area contributed by atoms with Gasteiger partial charge in [-0.1, -0.05) is 42.5 Å². The third kappa shape index (κ3) is 3.32. The van der Waals surface area contributed by atoms with Crippen LogP contribution in [0.2, 0.25) is 0 Å². The molecule has 1 fully saturated rings. The zero-order valence-electron chi connectivity index (χ0n) is 13.7. The lowest BCUT2D eigenvalue weighted by Gasteiger charge is -2.20. The van der Waals surface area contributed by atoms with Crippen molar-refractivity contribution in [2.24, 2.45) is 0 Å². The molecule has 5 nitrogen and oxygen atoms in total. The standard InChI is InChI=1S/C20H19N3O2/c24-20(23-18-8-4-7-15-11-21-10-9-16(15)18)25-19-13-22-12-17(19)14-5-2-1-3-6-14/h1-11,17,19,22H,12-13H2,(H,23,24). The van der Waals surface area contributed by atoms with Gasteiger partial charge < -0.3 is 10.1 Å². The predicted octanol–water partition coefficient (Wildman–Crippen LogP) is 3.54. The largest absolute Gasteiger partial charge is 0.444 e. The Morgan fingerprint density at radius 3 is 2.84 bits per heavy atom. The van der Waals surface area contributed by atoms with E-state index < -0.39 is 6.09 Å².